The molecule has 1 aliphatic heterocycles. The Morgan fingerprint density at radius 3 is 2.82 bits per heavy atom. The van der Waals surface area contributed by atoms with E-state index in [9.17, 15) is 4.79 Å². The molecule has 5 heterocycles. The van der Waals surface area contributed by atoms with Crippen LogP contribution >= 0.6 is 0 Å². The van der Waals surface area contributed by atoms with E-state index < -0.39 is 0 Å². The topological polar surface area (TPSA) is 90.0 Å². The lowest BCUT2D eigenvalue weighted by Crippen LogP contribution is -2.34. The molecule has 0 amide bonds. The number of hydrogen-bond acceptors (Lipinski definition) is 6. The zero-order valence-corrected chi connectivity index (χ0v) is 15.9. The molecule has 28 heavy (non-hydrogen) atoms. The summed E-state index contributed by atoms with van der Waals surface area (Å²) < 4.78 is 3.58. The first-order chi connectivity index (χ1) is 13.6. The van der Waals surface area contributed by atoms with E-state index in [4.69, 9.17) is 0 Å². The number of hydrogen-bond donors (Lipinski definition) is 1. The van der Waals surface area contributed by atoms with Crippen molar-refractivity contribution in [3.63, 3.8) is 0 Å². The van der Waals surface area contributed by atoms with Crippen LogP contribution in [0.2, 0.25) is 0 Å². The van der Waals surface area contributed by atoms with E-state index in [0.717, 1.165) is 42.8 Å². The zero-order chi connectivity index (χ0) is 19.3. The van der Waals surface area contributed by atoms with Crippen LogP contribution in [0.4, 0.5) is 0 Å². The average Bonchev–Trinajstić information content (AvgIpc) is 3.09. The molecule has 0 spiro atoms. The lowest BCUT2D eigenvalue weighted by atomic mass is 10.1. The fraction of sp³-hybridized carbons (Fsp3) is 0.350. The Kier molecular flexibility index (Phi) is 3.94. The van der Waals surface area contributed by atoms with Crippen LogP contribution in [0.1, 0.15) is 30.1 Å². The van der Waals surface area contributed by atoms with E-state index in [1.165, 1.54) is 0 Å². The van der Waals surface area contributed by atoms with Crippen molar-refractivity contribution in [3.05, 3.63) is 52.3 Å². The van der Waals surface area contributed by atoms with Gasteiger partial charge in [-0.2, -0.15) is 5.10 Å². The van der Waals surface area contributed by atoms with E-state index in [1.807, 2.05) is 42.9 Å². The van der Waals surface area contributed by atoms with Gasteiger partial charge in [-0.25, -0.2) is 19.5 Å². The predicted molar refractivity (Wildman–Crippen MR) is 106 cm³/mol. The number of pyridine rings is 1. The Morgan fingerprint density at radius 2 is 2.00 bits per heavy atom. The van der Waals surface area contributed by atoms with E-state index >= 15 is 0 Å². The molecule has 0 unspecified atom stereocenters. The summed E-state index contributed by atoms with van der Waals surface area (Å²) in [4.78, 5) is 26.5. The van der Waals surface area contributed by atoms with Crippen LogP contribution < -0.4 is 10.9 Å². The summed E-state index contributed by atoms with van der Waals surface area (Å²) in [5.74, 6) is 0.503. The van der Waals surface area contributed by atoms with Gasteiger partial charge in [0.15, 0.2) is 11.5 Å². The molecule has 142 valence electrons. The summed E-state index contributed by atoms with van der Waals surface area (Å²) in [6, 6.07) is 4.06. The molecule has 5 rings (SSSR count). The molecule has 1 N–H and O–H groups in total. The highest BCUT2D eigenvalue weighted by Gasteiger charge is 2.18. The fourth-order valence-corrected chi connectivity index (χ4v) is 3.89. The van der Waals surface area contributed by atoms with Gasteiger partial charge >= 0.3 is 0 Å². The molecular weight excluding hydrogens is 354 g/mol. The van der Waals surface area contributed by atoms with E-state index in [2.05, 4.69) is 25.4 Å². The van der Waals surface area contributed by atoms with Crippen LogP contribution in [0.3, 0.4) is 0 Å². The van der Waals surface area contributed by atoms with Gasteiger partial charge in [-0.1, -0.05) is 0 Å². The third kappa shape index (κ3) is 2.77. The SMILES string of the molecule is Cc1cn2nc(-c3ncc4c(=O)n(C5CCNCC5)ccc4n3)cc(C)c2n1. The normalized spacial score (nSPS) is 15.5. The molecule has 0 aliphatic carbocycles. The third-order valence-corrected chi connectivity index (χ3v) is 5.34. The second-order valence-electron chi connectivity index (χ2n) is 7.36. The summed E-state index contributed by atoms with van der Waals surface area (Å²) >= 11 is 0. The van der Waals surface area contributed by atoms with Crippen LogP contribution in [-0.2, 0) is 0 Å². The van der Waals surface area contributed by atoms with Crippen molar-refractivity contribution < 1.29 is 0 Å². The highest BCUT2D eigenvalue weighted by atomic mass is 16.1. The van der Waals surface area contributed by atoms with Gasteiger partial charge in [0.25, 0.3) is 5.56 Å². The minimum absolute atomic E-state index is 0.0271. The van der Waals surface area contributed by atoms with Crippen LogP contribution in [0.15, 0.2) is 35.5 Å². The number of piperidine rings is 1. The predicted octanol–water partition coefficient (Wildman–Crippen LogP) is 2.04. The standard InChI is InChI=1S/C20H21N7O/c1-12-9-17(25-27-11-13(2)23-19(12)27)18-22-10-15-16(24-18)5-8-26(20(15)28)14-3-6-21-7-4-14/h5,8-11,14,21H,3-4,6-7H2,1-2H3. The maximum Gasteiger partial charge on any atom is 0.261 e. The largest absolute Gasteiger partial charge is 0.317 e. The molecule has 4 aromatic heterocycles. The van der Waals surface area contributed by atoms with Gasteiger partial charge < -0.3 is 9.88 Å². The quantitative estimate of drug-likeness (QED) is 0.577. The number of nitrogens with zero attached hydrogens (tertiary/aromatic N) is 6. The van der Waals surface area contributed by atoms with E-state index in [1.54, 1.807) is 10.7 Å². The number of imidazole rings is 1. The molecule has 1 aliphatic rings. The van der Waals surface area contributed by atoms with Crippen molar-refractivity contribution in [2.45, 2.75) is 32.7 Å². The first kappa shape index (κ1) is 17.0. The molecule has 1 saturated heterocycles. The minimum atomic E-state index is -0.0271. The number of fused-ring (bicyclic) bond motifs is 2. The van der Waals surface area contributed by atoms with Crippen molar-refractivity contribution in [2.24, 2.45) is 0 Å². The maximum absolute atomic E-state index is 12.9. The average molecular weight is 375 g/mol. The van der Waals surface area contributed by atoms with Crippen LogP contribution in [-0.4, -0.2) is 42.2 Å². The summed E-state index contributed by atoms with van der Waals surface area (Å²) in [7, 11) is 0. The highest BCUT2D eigenvalue weighted by Crippen LogP contribution is 2.21. The molecule has 0 atom stereocenters. The van der Waals surface area contributed by atoms with Gasteiger partial charge in [-0.15, -0.1) is 0 Å². The second-order valence-corrected chi connectivity index (χ2v) is 7.36. The van der Waals surface area contributed by atoms with Crippen molar-refractivity contribution in [1.29, 1.82) is 0 Å². The first-order valence-corrected chi connectivity index (χ1v) is 9.53. The van der Waals surface area contributed by atoms with Crippen molar-refractivity contribution in [1.82, 2.24) is 34.4 Å². The van der Waals surface area contributed by atoms with Gasteiger partial charge in [0.05, 0.1) is 22.8 Å². The van der Waals surface area contributed by atoms with Gasteiger partial charge in [-0.05, 0) is 57.5 Å². The lowest BCUT2D eigenvalue weighted by Gasteiger charge is -2.24. The highest BCUT2D eigenvalue weighted by molar-refractivity contribution is 5.78. The third-order valence-electron chi connectivity index (χ3n) is 5.34. The molecule has 4 aromatic rings. The van der Waals surface area contributed by atoms with Crippen LogP contribution in [0, 0.1) is 13.8 Å². The zero-order valence-electron chi connectivity index (χ0n) is 15.9. The van der Waals surface area contributed by atoms with Gasteiger partial charge in [0.1, 0.15) is 5.69 Å². The molecule has 8 heteroatoms. The Hall–Kier alpha value is -3.13. The molecule has 0 saturated carbocycles. The number of aryl methyl sites for hydroxylation is 2. The van der Waals surface area contributed by atoms with Crippen LogP contribution in [0.5, 0.6) is 0 Å². The Labute approximate surface area is 161 Å². The molecule has 1 fully saturated rings. The molecule has 8 nitrogen and oxygen atoms in total. The van der Waals surface area contributed by atoms with Crippen molar-refractivity contribution in [3.8, 4) is 11.5 Å². The Balaban J connectivity index is 1.59. The first-order valence-electron chi connectivity index (χ1n) is 9.53. The van der Waals surface area contributed by atoms with Gasteiger partial charge in [0, 0.05) is 18.4 Å². The van der Waals surface area contributed by atoms with E-state index in [0.29, 0.717) is 22.4 Å². The molecular formula is C20H21N7O. The van der Waals surface area contributed by atoms with Crippen molar-refractivity contribution in [2.75, 3.05) is 13.1 Å². The summed E-state index contributed by atoms with van der Waals surface area (Å²) in [6.07, 6.45) is 7.27. The Bertz CT molecular complexity index is 1250. The summed E-state index contributed by atoms with van der Waals surface area (Å²) in [5, 5.41) is 8.46. The monoisotopic (exact) mass is 375 g/mol. The maximum atomic E-state index is 12.9. The molecule has 0 bridgehead atoms. The van der Waals surface area contributed by atoms with Crippen LogP contribution in [0.25, 0.3) is 28.1 Å². The Morgan fingerprint density at radius 1 is 1.18 bits per heavy atom. The summed E-state index contributed by atoms with van der Waals surface area (Å²) in [6.45, 7) is 5.80. The smallest absolute Gasteiger partial charge is 0.261 e. The van der Waals surface area contributed by atoms with Crippen molar-refractivity contribution >= 4 is 16.6 Å². The van der Waals surface area contributed by atoms with E-state index in [-0.39, 0.29) is 11.6 Å². The molecule has 0 aromatic carbocycles. The second kappa shape index (κ2) is 6.49. The minimum Gasteiger partial charge on any atom is -0.317 e. The molecule has 0 radical (unpaired) electrons. The summed E-state index contributed by atoms with van der Waals surface area (Å²) in [5.41, 5.74) is 4.01. The number of rotatable bonds is 2. The number of nitrogens with one attached hydrogen (secondary N) is 1. The van der Waals surface area contributed by atoms with Gasteiger partial charge in [0.2, 0.25) is 0 Å². The van der Waals surface area contributed by atoms with Gasteiger partial charge in [-0.3, -0.25) is 4.79 Å². The fourth-order valence-electron chi connectivity index (χ4n) is 3.89. The number of aromatic nitrogens is 6. The lowest BCUT2D eigenvalue weighted by molar-refractivity contribution is 0.362.